The van der Waals surface area contributed by atoms with E-state index in [-0.39, 0.29) is 11.8 Å². The van der Waals surface area contributed by atoms with Crippen LogP contribution in [0.15, 0.2) is 92.4 Å². The maximum Gasteiger partial charge on any atom is 0.273 e. The first kappa shape index (κ1) is 21.3. The number of rotatable bonds is 6. The van der Waals surface area contributed by atoms with Gasteiger partial charge in [-0.1, -0.05) is 58.9 Å². The van der Waals surface area contributed by atoms with Crippen molar-refractivity contribution in [2.45, 2.75) is 23.6 Å². The number of anilines is 1. The highest BCUT2D eigenvalue weighted by Crippen LogP contribution is 2.44. The number of aryl methyl sites for hydroxylation is 2. The average Bonchev–Trinajstić information content (AvgIpc) is 3.01. The zero-order chi connectivity index (χ0) is 22.0. The van der Waals surface area contributed by atoms with Gasteiger partial charge in [-0.15, -0.1) is 0 Å². The summed E-state index contributed by atoms with van der Waals surface area (Å²) >= 11 is 2.66. The predicted octanol–water partition coefficient (Wildman–Crippen LogP) is 5.98. The fraction of sp³-hybridized carbons (Fsp3) is 0.120. The molecule has 0 aliphatic carbocycles. The van der Waals surface area contributed by atoms with Gasteiger partial charge in [-0.3, -0.25) is 9.59 Å². The first-order valence-corrected chi connectivity index (χ1v) is 11.4. The Balaban J connectivity index is 1.71. The first-order valence-electron chi connectivity index (χ1n) is 9.72. The Morgan fingerprint density at radius 3 is 1.45 bits per heavy atom. The summed E-state index contributed by atoms with van der Waals surface area (Å²) < 4.78 is 5.20. The summed E-state index contributed by atoms with van der Waals surface area (Å²) in [5, 5.41) is 0. The van der Waals surface area contributed by atoms with E-state index in [0.717, 1.165) is 20.9 Å². The van der Waals surface area contributed by atoms with Crippen molar-refractivity contribution in [3.05, 3.63) is 93.7 Å². The minimum atomic E-state index is -0.310. The first-order chi connectivity index (χ1) is 15.0. The summed E-state index contributed by atoms with van der Waals surface area (Å²) in [6.07, 6.45) is 0. The van der Waals surface area contributed by atoms with Gasteiger partial charge in [-0.25, -0.2) is 4.90 Å². The van der Waals surface area contributed by atoms with Crippen molar-refractivity contribution in [2.24, 2.45) is 0 Å². The van der Waals surface area contributed by atoms with E-state index in [9.17, 15) is 9.59 Å². The van der Waals surface area contributed by atoms with E-state index < -0.39 is 0 Å². The van der Waals surface area contributed by atoms with E-state index in [0.29, 0.717) is 21.2 Å². The molecule has 0 aromatic heterocycles. The van der Waals surface area contributed by atoms with Crippen LogP contribution in [0.3, 0.4) is 0 Å². The summed E-state index contributed by atoms with van der Waals surface area (Å²) in [6.45, 7) is 4.03. The molecule has 0 N–H and O–H groups in total. The summed E-state index contributed by atoms with van der Waals surface area (Å²) in [7, 11) is 1.58. The molecule has 2 amide bonds. The molecule has 0 bridgehead atoms. The lowest BCUT2D eigenvalue weighted by Gasteiger charge is -2.15. The topological polar surface area (TPSA) is 46.6 Å². The third-order valence-electron chi connectivity index (χ3n) is 4.81. The number of carbonyl (C=O) groups is 2. The molecule has 0 fully saturated rings. The highest BCUT2D eigenvalue weighted by atomic mass is 32.2. The van der Waals surface area contributed by atoms with Crippen LogP contribution in [0.1, 0.15) is 11.1 Å². The summed E-state index contributed by atoms with van der Waals surface area (Å²) in [5.41, 5.74) is 2.81. The van der Waals surface area contributed by atoms with Crippen LogP contribution in [0.4, 0.5) is 5.69 Å². The second-order valence-electron chi connectivity index (χ2n) is 7.13. The third kappa shape index (κ3) is 4.55. The van der Waals surface area contributed by atoms with Crippen molar-refractivity contribution in [1.82, 2.24) is 0 Å². The number of ether oxygens (including phenoxy) is 1. The Hall–Kier alpha value is -2.96. The fourth-order valence-electron chi connectivity index (χ4n) is 3.08. The molecule has 0 unspecified atom stereocenters. The van der Waals surface area contributed by atoms with Crippen molar-refractivity contribution >= 4 is 41.0 Å². The van der Waals surface area contributed by atoms with Gasteiger partial charge in [0.2, 0.25) is 0 Å². The van der Waals surface area contributed by atoms with Gasteiger partial charge < -0.3 is 4.74 Å². The number of amides is 2. The third-order valence-corrected chi connectivity index (χ3v) is 7.12. The second-order valence-corrected chi connectivity index (χ2v) is 9.30. The Morgan fingerprint density at radius 1 is 0.645 bits per heavy atom. The van der Waals surface area contributed by atoms with Crippen molar-refractivity contribution in [1.29, 1.82) is 0 Å². The van der Waals surface area contributed by atoms with E-state index in [1.165, 1.54) is 28.4 Å². The minimum absolute atomic E-state index is 0.310. The van der Waals surface area contributed by atoms with Gasteiger partial charge in [0.25, 0.3) is 11.8 Å². The van der Waals surface area contributed by atoms with Gasteiger partial charge in [0.15, 0.2) is 0 Å². The van der Waals surface area contributed by atoms with Gasteiger partial charge in [-0.05, 0) is 62.4 Å². The molecule has 4 rings (SSSR count). The van der Waals surface area contributed by atoms with E-state index in [4.69, 9.17) is 4.74 Å². The van der Waals surface area contributed by atoms with Crippen LogP contribution in [0.25, 0.3) is 0 Å². The lowest BCUT2D eigenvalue weighted by molar-refractivity contribution is -0.120. The Labute approximate surface area is 190 Å². The smallest absolute Gasteiger partial charge is 0.273 e. The molecule has 0 radical (unpaired) electrons. The maximum absolute atomic E-state index is 13.4. The van der Waals surface area contributed by atoms with E-state index >= 15 is 0 Å². The van der Waals surface area contributed by atoms with Crippen LogP contribution in [0.2, 0.25) is 0 Å². The predicted molar refractivity (Wildman–Crippen MR) is 127 cm³/mol. The summed E-state index contributed by atoms with van der Waals surface area (Å²) in [6, 6.07) is 22.8. The number of methoxy groups -OCH3 is 1. The number of benzene rings is 3. The van der Waals surface area contributed by atoms with Crippen LogP contribution >= 0.6 is 23.5 Å². The standard InChI is InChI=1S/C25H21NO3S2/c1-16-4-12-20(13-5-16)30-22-23(31-21-14-6-17(2)7-15-21)25(28)26(24(22)27)18-8-10-19(29-3)11-9-18/h4-15H,1-3H3. The molecule has 0 spiro atoms. The number of carbonyl (C=O) groups excluding carboxylic acids is 2. The normalized spacial score (nSPS) is 13.8. The highest BCUT2D eigenvalue weighted by Gasteiger charge is 2.40. The van der Waals surface area contributed by atoms with Gasteiger partial charge in [0.1, 0.15) is 5.75 Å². The van der Waals surface area contributed by atoms with Gasteiger partial charge >= 0.3 is 0 Å². The lowest BCUT2D eigenvalue weighted by Crippen LogP contribution is -2.31. The molecule has 31 heavy (non-hydrogen) atoms. The number of hydrogen-bond donors (Lipinski definition) is 0. The lowest BCUT2D eigenvalue weighted by atomic mass is 10.2. The van der Waals surface area contributed by atoms with E-state index in [1.54, 1.807) is 31.4 Å². The molecule has 1 aliphatic heterocycles. The molecular weight excluding hydrogens is 426 g/mol. The van der Waals surface area contributed by atoms with Crippen molar-refractivity contribution in [2.75, 3.05) is 12.0 Å². The average molecular weight is 448 g/mol. The highest BCUT2D eigenvalue weighted by molar-refractivity contribution is 8.08. The molecule has 0 saturated heterocycles. The number of imide groups is 1. The van der Waals surface area contributed by atoms with Crippen LogP contribution < -0.4 is 9.64 Å². The molecule has 3 aromatic rings. The summed E-state index contributed by atoms with van der Waals surface area (Å²) in [5.74, 6) is 0.0463. The molecule has 156 valence electrons. The Kier molecular flexibility index (Phi) is 6.20. The molecule has 4 nitrogen and oxygen atoms in total. The van der Waals surface area contributed by atoms with E-state index in [1.807, 2.05) is 62.4 Å². The Morgan fingerprint density at radius 2 is 1.06 bits per heavy atom. The molecule has 6 heteroatoms. The van der Waals surface area contributed by atoms with Gasteiger partial charge in [0, 0.05) is 9.79 Å². The largest absolute Gasteiger partial charge is 0.497 e. The fourth-order valence-corrected chi connectivity index (χ4v) is 5.07. The van der Waals surface area contributed by atoms with Crippen molar-refractivity contribution in [3.63, 3.8) is 0 Å². The van der Waals surface area contributed by atoms with Gasteiger partial charge in [-0.2, -0.15) is 0 Å². The molecule has 1 aliphatic rings. The Bertz CT molecular complexity index is 1080. The summed E-state index contributed by atoms with van der Waals surface area (Å²) in [4.78, 5) is 30.7. The van der Waals surface area contributed by atoms with Crippen molar-refractivity contribution < 1.29 is 14.3 Å². The number of nitrogens with zero attached hydrogens (tertiary/aromatic N) is 1. The molecule has 1 heterocycles. The molecule has 3 aromatic carbocycles. The van der Waals surface area contributed by atoms with E-state index in [2.05, 4.69) is 0 Å². The minimum Gasteiger partial charge on any atom is -0.497 e. The quantitative estimate of drug-likeness (QED) is 0.435. The van der Waals surface area contributed by atoms with Crippen LogP contribution in [-0.4, -0.2) is 18.9 Å². The second kappa shape index (κ2) is 9.04. The molecule has 0 saturated carbocycles. The van der Waals surface area contributed by atoms with Crippen LogP contribution in [-0.2, 0) is 9.59 Å². The van der Waals surface area contributed by atoms with Gasteiger partial charge in [0.05, 0.1) is 22.6 Å². The van der Waals surface area contributed by atoms with Crippen LogP contribution in [0.5, 0.6) is 5.75 Å². The SMILES string of the molecule is COc1ccc(N2C(=O)C(Sc3ccc(C)cc3)=C(Sc3ccc(C)cc3)C2=O)cc1. The monoisotopic (exact) mass is 447 g/mol. The van der Waals surface area contributed by atoms with Crippen LogP contribution in [0, 0.1) is 13.8 Å². The molecule has 0 atom stereocenters. The zero-order valence-corrected chi connectivity index (χ0v) is 19.0. The number of hydrogen-bond acceptors (Lipinski definition) is 5. The maximum atomic E-state index is 13.4. The molecular formula is C25H21NO3S2. The van der Waals surface area contributed by atoms with Crippen molar-refractivity contribution in [3.8, 4) is 5.75 Å². The zero-order valence-electron chi connectivity index (χ0n) is 17.4. The number of thioether (sulfide) groups is 2.